The first-order chi connectivity index (χ1) is 14.3. The molecule has 0 saturated carbocycles. The summed E-state index contributed by atoms with van der Waals surface area (Å²) >= 11 is 0. The Morgan fingerprint density at radius 3 is 1.90 bits per heavy atom. The minimum absolute atomic E-state index is 0.110. The highest BCUT2D eigenvalue weighted by Crippen LogP contribution is 2.44. The Hall–Kier alpha value is -2.33. The molecule has 4 nitrogen and oxygen atoms in total. The number of carbonyl (C=O) groups excluding carboxylic acids is 1. The van der Waals surface area contributed by atoms with Crippen LogP contribution in [0.25, 0.3) is 11.1 Å². The van der Waals surface area contributed by atoms with Crippen molar-refractivity contribution in [1.29, 1.82) is 0 Å². The van der Waals surface area contributed by atoms with E-state index in [-0.39, 0.29) is 12.0 Å². The van der Waals surface area contributed by atoms with Crippen LogP contribution in [-0.4, -0.2) is 31.0 Å². The van der Waals surface area contributed by atoms with E-state index in [1.54, 1.807) is 0 Å². The number of ether oxygens (including phenoxy) is 1. The van der Waals surface area contributed by atoms with Crippen molar-refractivity contribution in [2.75, 3.05) is 19.8 Å². The molecule has 29 heavy (non-hydrogen) atoms. The number of benzene rings is 2. The molecular formula is C25H33NO3. The summed E-state index contributed by atoms with van der Waals surface area (Å²) in [6.07, 6.45) is 8.71. The molecule has 3 rings (SSSR count). The van der Waals surface area contributed by atoms with Gasteiger partial charge in [-0.25, -0.2) is 4.79 Å². The zero-order valence-electron chi connectivity index (χ0n) is 17.2. The topological polar surface area (TPSA) is 58.6 Å². The van der Waals surface area contributed by atoms with Crippen LogP contribution in [0.4, 0.5) is 4.79 Å². The lowest BCUT2D eigenvalue weighted by molar-refractivity contribution is 0.143. The van der Waals surface area contributed by atoms with Gasteiger partial charge < -0.3 is 15.2 Å². The Balaban J connectivity index is 1.33. The highest BCUT2D eigenvalue weighted by atomic mass is 16.5. The van der Waals surface area contributed by atoms with Gasteiger partial charge in [0.15, 0.2) is 0 Å². The van der Waals surface area contributed by atoms with Gasteiger partial charge in [-0.3, -0.25) is 0 Å². The van der Waals surface area contributed by atoms with Crippen LogP contribution in [0.1, 0.15) is 68.4 Å². The first-order valence-electron chi connectivity index (χ1n) is 11.0. The normalized spacial score (nSPS) is 12.4. The first-order valence-corrected chi connectivity index (χ1v) is 11.0. The third-order valence-electron chi connectivity index (χ3n) is 5.70. The molecule has 0 aliphatic heterocycles. The molecule has 0 atom stereocenters. The average molecular weight is 396 g/mol. The van der Waals surface area contributed by atoms with Crippen molar-refractivity contribution in [3.63, 3.8) is 0 Å². The summed E-state index contributed by atoms with van der Waals surface area (Å²) < 4.78 is 5.55. The molecule has 1 aliphatic carbocycles. The smallest absolute Gasteiger partial charge is 0.407 e. The fourth-order valence-corrected chi connectivity index (χ4v) is 4.14. The van der Waals surface area contributed by atoms with Crippen molar-refractivity contribution in [3.05, 3.63) is 59.7 Å². The monoisotopic (exact) mass is 395 g/mol. The number of rotatable bonds is 12. The van der Waals surface area contributed by atoms with E-state index in [9.17, 15) is 4.79 Å². The van der Waals surface area contributed by atoms with Crippen molar-refractivity contribution in [1.82, 2.24) is 5.32 Å². The summed E-state index contributed by atoms with van der Waals surface area (Å²) in [7, 11) is 0. The average Bonchev–Trinajstić information content (AvgIpc) is 3.07. The van der Waals surface area contributed by atoms with Crippen molar-refractivity contribution >= 4 is 6.09 Å². The number of carbonyl (C=O) groups is 1. The molecule has 4 heteroatoms. The summed E-state index contributed by atoms with van der Waals surface area (Å²) in [5.41, 5.74) is 4.96. The number of aliphatic hydroxyl groups excluding tert-OH is 1. The van der Waals surface area contributed by atoms with E-state index in [1.165, 1.54) is 47.9 Å². The second-order valence-electron chi connectivity index (χ2n) is 7.80. The maximum Gasteiger partial charge on any atom is 0.407 e. The maximum absolute atomic E-state index is 12.1. The molecule has 2 aromatic carbocycles. The fourth-order valence-electron chi connectivity index (χ4n) is 4.14. The van der Waals surface area contributed by atoms with Gasteiger partial charge in [0, 0.05) is 19.1 Å². The number of alkyl carbamates (subject to hydrolysis) is 1. The maximum atomic E-state index is 12.1. The van der Waals surface area contributed by atoms with Gasteiger partial charge in [-0.1, -0.05) is 87.1 Å². The Bertz CT molecular complexity index is 729. The quantitative estimate of drug-likeness (QED) is 0.457. The van der Waals surface area contributed by atoms with Gasteiger partial charge >= 0.3 is 6.09 Å². The van der Waals surface area contributed by atoms with Crippen molar-refractivity contribution in [3.8, 4) is 11.1 Å². The van der Waals surface area contributed by atoms with E-state index in [4.69, 9.17) is 9.84 Å². The molecule has 1 aliphatic rings. The number of aliphatic hydroxyl groups is 1. The predicted molar refractivity (Wildman–Crippen MR) is 117 cm³/mol. The molecule has 0 unspecified atom stereocenters. The number of hydrogen-bond acceptors (Lipinski definition) is 3. The van der Waals surface area contributed by atoms with E-state index < -0.39 is 0 Å². The molecule has 2 aromatic rings. The Morgan fingerprint density at radius 2 is 1.31 bits per heavy atom. The zero-order valence-corrected chi connectivity index (χ0v) is 17.2. The molecule has 1 amide bonds. The Kier molecular flexibility index (Phi) is 8.57. The first kappa shape index (κ1) is 21.4. The number of amides is 1. The van der Waals surface area contributed by atoms with Gasteiger partial charge in [-0.15, -0.1) is 0 Å². The van der Waals surface area contributed by atoms with Crippen LogP contribution in [0.2, 0.25) is 0 Å². The van der Waals surface area contributed by atoms with Crippen molar-refractivity contribution in [2.45, 2.75) is 57.3 Å². The second-order valence-corrected chi connectivity index (χ2v) is 7.80. The third-order valence-corrected chi connectivity index (χ3v) is 5.70. The summed E-state index contributed by atoms with van der Waals surface area (Å²) in [6.45, 7) is 1.34. The minimum Gasteiger partial charge on any atom is -0.449 e. The Labute approximate surface area is 174 Å². The van der Waals surface area contributed by atoms with Gasteiger partial charge in [0.05, 0.1) is 0 Å². The third kappa shape index (κ3) is 6.07. The molecule has 0 spiro atoms. The summed E-state index contributed by atoms with van der Waals surface area (Å²) in [5.74, 6) is 0.110. The molecular weight excluding hydrogens is 362 g/mol. The molecule has 156 valence electrons. The predicted octanol–water partition coefficient (Wildman–Crippen LogP) is 5.64. The molecule has 0 radical (unpaired) electrons. The molecule has 0 aromatic heterocycles. The lowest BCUT2D eigenvalue weighted by Gasteiger charge is -2.14. The van der Waals surface area contributed by atoms with Gasteiger partial charge in [0.2, 0.25) is 0 Å². The fraction of sp³-hybridized carbons (Fsp3) is 0.480. The van der Waals surface area contributed by atoms with E-state index in [1.807, 2.05) is 12.1 Å². The molecule has 0 heterocycles. The van der Waals surface area contributed by atoms with Gasteiger partial charge in [-0.2, -0.15) is 0 Å². The number of fused-ring (bicyclic) bond motifs is 3. The summed E-state index contributed by atoms with van der Waals surface area (Å²) in [6, 6.07) is 16.7. The van der Waals surface area contributed by atoms with Crippen LogP contribution in [0, 0.1) is 0 Å². The van der Waals surface area contributed by atoms with E-state index in [2.05, 4.69) is 41.7 Å². The number of unbranched alkanes of at least 4 members (excludes halogenated alkanes) is 7. The molecule has 2 N–H and O–H groups in total. The standard InChI is InChI=1S/C25H33NO3/c27-18-12-6-4-2-1-3-5-11-17-26-25(28)29-19-24-22-15-9-7-13-20(22)21-14-8-10-16-23(21)24/h7-10,13-16,24,27H,1-6,11-12,17-19H2,(H,26,28). The lowest BCUT2D eigenvalue weighted by Crippen LogP contribution is -2.27. The highest BCUT2D eigenvalue weighted by molar-refractivity contribution is 5.79. The second kappa shape index (κ2) is 11.6. The zero-order chi connectivity index (χ0) is 20.3. The van der Waals surface area contributed by atoms with Crippen LogP contribution < -0.4 is 5.32 Å². The van der Waals surface area contributed by atoms with E-state index in [0.29, 0.717) is 19.8 Å². The van der Waals surface area contributed by atoms with Gasteiger partial charge in [0.1, 0.15) is 6.61 Å². The largest absolute Gasteiger partial charge is 0.449 e. The van der Waals surface area contributed by atoms with Crippen LogP contribution in [0.3, 0.4) is 0 Å². The lowest BCUT2D eigenvalue weighted by atomic mass is 9.98. The number of hydrogen-bond donors (Lipinski definition) is 2. The molecule has 0 bridgehead atoms. The summed E-state index contributed by atoms with van der Waals surface area (Å²) in [5, 5.41) is 11.6. The van der Waals surface area contributed by atoms with Crippen LogP contribution in [0.15, 0.2) is 48.5 Å². The highest BCUT2D eigenvalue weighted by Gasteiger charge is 2.28. The van der Waals surface area contributed by atoms with E-state index in [0.717, 1.165) is 25.7 Å². The van der Waals surface area contributed by atoms with Crippen molar-refractivity contribution < 1.29 is 14.6 Å². The Morgan fingerprint density at radius 1 is 0.793 bits per heavy atom. The number of nitrogens with one attached hydrogen (secondary N) is 1. The molecule has 0 fully saturated rings. The van der Waals surface area contributed by atoms with E-state index >= 15 is 0 Å². The van der Waals surface area contributed by atoms with Crippen LogP contribution in [0.5, 0.6) is 0 Å². The van der Waals surface area contributed by atoms with Crippen molar-refractivity contribution in [2.24, 2.45) is 0 Å². The minimum atomic E-state index is -0.323. The SMILES string of the molecule is O=C(NCCCCCCCCCCO)OCC1c2ccccc2-c2ccccc21. The van der Waals surface area contributed by atoms with Crippen LogP contribution in [-0.2, 0) is 4.74 Å². The summed E-state index contributed by atoms with van der Waals surface area (Å²) in [4.78, 5) is 12.1. The van der Waals surface area contributed by atoms with Gasteiger partial charge in [-0.05, 0) is 35.1 Å². The van der Waals surface area contributed by atoms with Crippen LogP contribution >= 0.6 is 0 Å². The molecule has 0 saturated heterocycles. The van der Waals surface area contributed by atoms with Gasteiger partial charge in [0.25, 0.3) is 0 Å².